The van der Waals surface area contributed by atoms with Gasteiger partial charge >= 0.3 is 0 Å². The molecule has 0 saturated heterocycles. The number of alkyl halides is 2. The monoisotopic (exact) mass is 478 g/mol. The first-order chi connectivity index (χ1) is 16.0. The lowest BCUT2D eigenvalue weighted by Crippen LogP contribution is -2.13. The van der Waals surface area contributed by atoms with Crippen molar-refractivity contribution in [1.82, 2.24) is 5.16 Å². The van der Waals surface area contributed by atoms with Crippen molar-refractivity contribution in [3.63, 3.8) is 0 Å². The standard InChI is InChI=1S/C26H20Cl2N2O3/c1-32-22-12-10-16(14-21(22)29-26(31)18-7-4-6-17(13-18)25(27)28)24-20-11-9-15-5-2-3-8-19(15)23(20)30-33-24/h2-8,10,12-14,25H,9,11H2,1H3,(H,29,31). The molecular weight excluding hydrogens is 459 g/mol. The van der Waals surface area contributed by atoms with Gasteiger partial charge in [0.05, 0.1) is 12.8 Å². The van der Waals surface area contributed by atoms with E-state index >= 15 is 0 Å². The number of hydrogen-bond acceptors (Lipinski definition) is 4. The molecule has 0 fully saturated rings. The molecule has 5 nitrogen and oxygen atoms in total. The molecule has 4 aromatic rings. The minimum absolute atomic E-state index is 0.296. The van der Waals surface area contributed by atoms with E-state index in [0.717, 1.165) is 35.2 Å². The van der Waals surface area contributed by atoms with Gasteiger partial charge in [0.2, 0.25) is 0 Å². The molecule has 1 heterocycles. The number of fused-ring (bicyclic) bond motifs is 3. The van der Waals surface area contributed by atoms with Crippen molar-refractivity contribution >= 4 is 34.8 Å². The van der Waals surface area contributed by atoms with Gasteiger partial charge in [-0.05, 0) is 54.3 Å². The van der Waals surface area contributed by atoms with Gasteiger partial charge in [-0.1, -0.05) is 41.6 Å². The number of ether oxygens (including phenoxy) is 1. The van der Waals surface area contributed by atoms with Gasteiger partial charge in [-0.3, -0.25) is 4.79 Å². The number of nitrogens with zero attached hydrogens (tertiary/aromatic N) is 1. The van der Waals surface area contributed by atoms with E-state index in [0.29, 0.717) is 28.3 Å². The fourth-order valence-corrected chi connectivity index (χ4v) is 4.44. The number of methoxy groups -OCH3 is 1. The summed E-state index contributed by atoms with van der Waals surface area (Å²) in [6.07, 6.45) is 1.76. The van der Waals surface area contributed by atoms with E-state index in [4.69, 9.17) is 32.5 Å². The molecule has 3 aromatic carbocycles. The highest BCUT2D eigenvalue weighted by molar-refractivity contribution is 6.44. The van der Waals surface area contributed by atoms with Gasteiger partial charge in [-0.25, -0.2) is 0 Å². The van der Waals surface area contributed by atoms with E-state index < -0.39 is 4.84 Å². The van der Waals surface area contributed by atoms with Crippen molar-refractivity contribution in [3.05, 3.63) is 89.0 Å². The molecule has 7 heteroatoms. The van der Waals surface area contributed by atoms with E-state index in [1.54, 1.807) is 37.4 Å². The Labute approximate surface area is 201 Å². The molecule has 0 atom stereocenters. The number of nitrogens with one attached hydrogen (secondary N) is 1. The second-order valence-corrected chi connectivity index (χ2v) is 8.89. The minimum Gasteiger partial charge on any atom is -0.495 e. The van der Waals surface area contributed by atoms with Crippen LogP contribution in [0.25, 0.3) is 22.6 Å². The smallest absolute Gasteiger partial charge is 0.255 e. The number of benzene rings is 3. The second kappa shape index (κ2) is 8.93. The van der Waals surface area contributed by atoms with Gasteiger partial charge in [0, 0.05) is 22.3 Å². The Kier molecular flexibility index (Phi) is 5.83. The zero-order valence-corrected chi connectivity index (χ0v) is 19.3. The zero-order valence-electron chi connectivity index (χ0n) is 17.8. The number of rotatable bonds is 5. The third-order valence-corrected chi connectivity index (χ3v) is 6.32. The number of aromatic nitrogens is 1. The summed E-state index contributed by atoms with van der Waals surface area (Å²) in [7, 11) is 1.56. The Bertz CT molecular complexity index is 1350. The zero-order chi connectivity index (χ0) is 22.9. The predicted molar refractivity (Wildman–Crippen MR) is 130 cm³/mol. The number of carbonyl (C=O) groups is 1. The van der Waals surface area contributed by atoms with Crippen LogP contribution in [0.2, 0.25) is 0 Å². The van der Waals surface area contributed by atoms with E-state index in [-0.39, 0.29) is 5.91 Å². The summed E-state index contributed by atoms with van der Waals surface area (Å²) in [5.41, 5.74) is 6.76. The maximum absolute atomic E-state index is 12.9. The first-order valence-electron chi connectivity index (χ1n) is 10.5. The third kappa shape index (κ3) is 4.10. The SMILES string of the molecule is COc1ccc(-c2onc3c2CCc2ccccc2-3)cc1NC(=O)c1cccc(C(Cl)Cl)c1. The van der Waals surface area contributed by atoms with Gasteiger partial charge in [0.15, 0.2) is 5.76 Å². The lowest BCUT2D eigenvalue weighted by Gasteiger charge is -2.15. The molecule has 1 N–H and O–H groups in total. The van der Waals surface area contributed by atoms with Gasteiger partial charge in [0.25, 0.3) is 5.91 Å². The van der Waals surface area contributed by atoms with Crippen LogP contribution < -0.4 is 10.1 Å². The summed E-state index contributed by atoms with van der Waals surface area (Å²) in [5.74, 6) is 0.941. The van der Waals surface area contributed by atoms with Crippen LogP contribution in [0.1, 0.15) is 31.9 Å². The van der Waals surface area contributed by atoms with E-state index in [9.17, 15) is 4.79 Å². The van der Waals surface area contributed by atoms with Crippen LogP contribution in [0, 0.1) is 0 Å². The molecule has 0 unspecified atom stereocenters. The molecular formula is C26H20Cl2N2O3. The number of amides is 1. The lowest BCUT2D eigenvalue weighted by atomic mass is 9.88. The van der Waals surface area contributed by atoms with Crippen LogP contribution in [-0.2, 0) is 12.8 Å². The van der Waals surface area contributed by atoms with Crippen LogP contribution in [0.3, 0.4) is 0 Å². The highest BCUT2D eigenvalue weighted by Crippen LogP contribution is 2.40. The van der Waals surface area contributed by atoms with Crippen molar-refractivity contribution in [1.29, 1.82) is 0 Å². The molecule has 0 aliphatic heterocycles. The number of carbonyl (C=O) groups excluding carboxylic acids is 1. The molecule has 0 radical (unpaired) electrons. The van der Waals surface area contributed by atoms with E-state index in [1.165, 1.54) is 5.56 Å². The van der Waals surface area contributed by atoms with Crippen molar-refractivity contribution in [3.8, 4) is 28.3 Å². The number of anilines is 1. The van der Waals surface area contributed by atoms with Gasteiger partial charge in [-0.2, -0.15) is 0 Å². The average molecular weight is 479 g/mol. The second-order valence-electron chi connectivity index (χ2n) is 7.79. The summed E-state index contributed by atoms with van der Waals surface area (Å²) in [4.78, 5) is 12.2. The fraction of sp³-hybridized carbons (Fsp3) is 0.154. The molecule has 1 aliphatic rings. The molecule has 5 rings (SSSR count). The lowest BCUT2D eigenvalue weighted by molar-refractivity contribution is 0.102. The predicted octanol–water partition coefficient (Wildman–Crippen LogP) is 6.84. The maximum atomic E-state index is 12.9. The Balaban J connectivity index is 1.49. The Hall–Kier alpha value is -3.28. The summed E-state index contributed by atoms with van der Waals surface area (Å²) < 4.78 is 11.3. The Morgan fingerprint density at radius 3 is 2.73 bits per heavy atom. The average Bonchev–Trinajstić information content (AvgIpc) is 3.29. The summed E-state index contributed by atoms with van der Waals surface area (Å²) >= 11 is 11.9. The first kappa shape index (κ1) is 21.6. The van der Waals surface area contributed by atoms with E-state index in [1.807, 2.05) is 24.3 Å². The first-order valence-corrected chi connectivity index (χ1v) is 11.4. The molecule has 0 bridgehead atoms. The summed E-state index contributed by atoms with van der Waals surface area (Å²) in [6.45, 7) is 0. The number of aryl methyl sites for hydroxylation is 1. The van der Waals surface area contributed by atoms with Crippen LogP contribution in [0.5, 0.6) is 5.75 Å². The fourth-order valence-electron chi connectivity index (χ4n) is 4.17. The Morgan fingerprint density at radius 1 is 1.06 bits per heavy atom. The van der Waals surface area contributed by atoms with Crippen LogP contribution >= 0.6 is 23.2 Å². The molecule has 0 spiro atoms. The molecule has 33 heavy (non-hydrogen) atoms. The summed E-state index contributed by atoms with van der Waals surface area (Å²) in [5, 5.41) is 7.29. The molecule has 1 aromatic heterocycles. The van der Waals surface area contributed by atoms with Gasteiger partial charge in [-0.15, -0.1) is 23.2 Å². The Morgan fingerprint density at radius 2 is 1.91 bits per heavy atom. The highest BCUT2D eigenvalue weighted by atomic mass is 35.5. The molecule has 1 amide bonds. The number of hydrogen-bond donors (Lipinski definition) is 1. The van der Waals surface area contributed by atoms with Crippen LogP contribution in [0.4, 0.5) is 5.69 Å². The van der Waals surface area contributed by atoms with Crippen molar-refractivity contribution < 1.29 is 14.1 Å². The third-order valence-electron chi connectivity index (χ3n) is 5.82. The highest BCUT2D eigenvalue weighted by Gasteiger charge is 2.25. The summed E-state index contributed by atoms with van der Waals surface area (Å²) in [6, 6.07) is 20.7. The quantitative estimate of drug-likeness (QED) is 0.318. The largest absolute Gasteiger partial charge is 0.495 e. The van der Waals surface area contributed by atoms with Gasteiger partial charge < -0.3 is 14.6 Å². The molecule has 1 aliphatic carbocycles. The van der Waals surface area contributed by atoms with E-state index in [2.05, 4.69) is 22.6 Å². The van der Waals surface area contributed by atoms with Crippen molar-refractivity contribution in [2.24, 2.45) is 0 Å². The van der Waals surface area contributed by atoms with Crippen LogP contribution in [-0.4, -0.2) is 18.2 Å². The molecule has 0 saturated carbocycles. The number of halogens is 2. The van der Waals surface area contributed by atoms with Crippen molar-refractivity contribution in [2.75, 3.05) is 12.4 Å². The van der Waals surface area contributed by atoms with Gasteiger partial charge in [0.1, 0.15) is 16.3 Å². The molecule has 166 valence electrons. The normalized spacial score (nSPS) is 12.2. The maximum Gasteiger partial charge on any atom is 0.255 e. The topological polar surface area (TPSA) is 64.4 Å². The minimum atomic E-state index is -0.710. The van der Waals surface area contributed by atoms with Crippen LogP contribution in [0.15, 0.2) is 71.3 Å². The van der Waals surface area contributed by atoms with Crippen molar-refractivity contribution in [2.45, 2.75) is 17.7 Å².